The average Bonchev–Trinajstić information content (AvgIpc) is 2.08. The molecule has 0 aromatic carbocycles. The fraction of sp³-hybridized carbons (Fsp3) is 1.00. The highest BCUT2D eigenvalue weighted by molar-refractivity contribution is 4.80. The third-order valence-corrected chi connectivity index (χ3v) is 1.45. The van der Waals surface area contributed by atoms with Crippen molar-refractivity contribution in [1.82, 2.24) is 0 Å². The molecule has 12 heteroatoms. The van der Waals surface area contributed by atoms with Gasteiger partial charge in [0.25, 0.3) is 0 Å². The highest BCUT2D eigenvalue weighted by Gasteiger charge is 2.65. The summed E-state index contributed by atoms with van der Waals surface area (Å²) >= 11 is 0. The lowest BCUT2D eigenvalue weighted by Gasteiger charge is -2.32. The van der Waals surface area contributed by atoms with Crippen LogP contribution in [0, 0.1) is 0 Å². The third-order valence-electron chi connectivity index (χ3n) is 1.45. The summed E-state index contributed by atoms with van der Waals surface area (Å²) < 4.78 is 122. The molecule has 0 aliphatic heterocycles. The zero-order valence-electron chi connectivity index (χ0n) is 8.01. The summed E-state index contributed by atoms with van der Waals surface area (Å²) in [5, 5.41) is 0. The van der Waals surface area contributed by atoms with E-state index in [4.69, 9.17) is 0 Å². The molecule has 0 aliphatic rings. The molecule has 1 unspecified atom stereocenters. The van der Waals surface area contributed by atoms with Crippen LogP contribution in [0.4, 0.5) is 44.0 Å². The number of ether oxygens (including phenoxy) is 1. The SMILES string of the molecule is FCC(OF)(OC(F)(F)CC(F)(F)F)C(F)(F)F. The average molecular weight is 298 g/mol. The van der Waals surface area contributed by atoms with Gasteiger partial charge in [0.2, 0.25) is 0 Å². The van der Waals surface area contributed by atoms with Crippen LogP contribution < -0.4 is 0 Å². The fourth-order valence-corrected chi connectivity index (χ4v) is 0.752. The largest absolute Gasteiger partial charge is 0.449 e. The second-order valence-corrected chi connectivity index (χ2v) is 2.99. The van der Waals surface area contributed by atoms with Gasteiger partial charge in [0.1, 0.15) is 6.42 Å². The van der Waals surface area contributed by atoms with E-state index in [2.05, 4.69) is 4.74 Å². The normalized spacial score (nSPS) is 17.7. The Morgan fingerprint density at radius 2 is 1.28 bits per heavy atom. The van der Waals surface area contributed by atoms with E-state index < -0.39 is 37.3 Å². The van der Waals surface area contributed by atoms with Gasteiger partial charge < -0.3 is 0 Å². The van der Waals surface area contributed by atoms with Crippen LogP contribution in [-0.4, -0.2) is 30.9 Å². The van der Waals surface area contributed by atoms with Gasteiger partial charge in [0, 0.05) is 0 Å². The molecule has 0 aliphatic carbocycles. The molecule has 0 rings (SSSR count). The van der Waals surface area contributed by atoms with E-state index in [0.717, 1.165) is 0 Å². The second-order valence-electron chi connectivity index (χ2n) is 2.99. The molecule has 0 radical (unpaired) electrons. The lowest BCUT2D eigenvalue weighted by molar-refractivity contribution is -0.496. The summed E-state index contributed by atoms with van der Waals surface area (Å²) in [6.45, 7) is -3.00. The monoisotopic (exact) mass is 298 g/mol. The van der Waals surface area contributed by atoms with Crippen molar-refractivity contribution >= 4 is 0 Å². The summed E-state index contributed by atoms with van der Waals surface area (Å²) in [5.41, 5.74) is 0. The fourth-order valence-electron chi connectivity index (χ4n) is 0.752. The minimum Gasteiger partial charge on any atom is -0.274 e. The number of rotatable bonds is 5. The summed E-state index contributed by atoms with van der Waals surface area (Å²) in [7, 11) is 0. The first-order valence-corrected chi connectivity index (χ1v) is 3.86. The summed E-state index contributed by atoms with van der Waals surface area (Å²) in [4.78, 5) is 1.93. The zero-order valence-corrected chi connectivity index (χ0v) is 8.01. The molecule has 0 aromatic rings. The highest BCUT2D eigenvalue weighted by atomic mass is 19.4. The molecule has 0 saturated carbocycles. The first-order chi connectivity index (χ1) is 7.79. The van der Waals surface area contributed by atoms with Crippen molar-refractivity contribution in [2.75, 3.05) is 6.67 Å². The van der Waals surface area contributed by atoms with Crippen LogP contribution >= 0.6 is 0 Å². The second kappa shape index (κ2) is 5.07. The van der Waals surface area contributed by atoms with E-state index in [9.17, 15) is 44.0 Å². The van der Waals surface area contributed by atoms with Gasteiger partial charge in [-0.25, -0.2) is 4.39 Å². The molecule has 0 amide bonds. The van der Waals surface area contributed by atoms with Crippen LogP contribution in [0.1, 0.15) is 6.42 Å². The van der Waals surface area contributed by atoms with Crippen LogP contribution in [-0.2, 0) is 9.68 Å². The molecule has 2 nitrogen and oxygen atoms in total. The molecule has 18 heavy (non-hydrogen) atoms. The summed E-state index contributed by atoms with van der Waals surface area (Å²) in [6, 6.07) is 0. The first-order valence-electron chi connectivity index (χ1n) is 3.86. The summed E-state index contributed by atoms with van der Waals surface area (Å²) in [5.74, 6) is -5.11. The van der Waals surface area contributed by atoms with E-state index in [-0.39, 0.29) is 0 Å². The molecule has 110 valence electrons. The van der Waals surface area contributed by atoms with Gasteiger partial charge in [-0.1, -0.05) is 0 Å². The Hall–Kier alpha value is -0.780. The maximum Gasteiger partial charge on any atom is 0.449 e. The minimum absolute atomic E-state index is 1.93. The van der Waals surface area contributed by atoms with Crippen molar-refractivity contribution in [2.24, 2.45) is 0 Å². The lowest BCUT2D eigenvalue weighted by Crippen LogP contribution is -2.54. The molecule has 0 spiro atoms. The molecule has 0 saturated heterocycles. The molecule has 0 heterocycles. The van der Waals surface area contributed by atoms with Crippen LogP contribution in [0.5, 0.6) is 0 Å². The van der Waals surface area contributed by atoms with Crippen LogP contribution in [0.25, 0.3) is 0 Å². The standard InChI is InChI=1S/C6H4F10O2/c7-2-3(18-16,6(13,14)15)17-5(11,12)1-4(8,9)10/h1-2H2. The maximum absolute atomic E-state index is 12.5. The highest BCUT2D eigenvalue weighted by Crippen LogP contribution is 2.42. The Bertz CT molecular complexity index is 265. The molecule has 0 aromatic heterocycles. The Morgan fingerprint density at radius 1 is 0.833 bits per heavy atom. The van der Waals surface area contributed by atoms with E-state index in [1.165, 1.54) is 0 Å². The van der Waals surface area contributed by atoms with Gasteiger partial charge in [-0.15, -0.1) is 4.94 Å². The number of halogens is 10. The topological polar surface area (TPSA) is 18.5 Å². The van der Waals surface area contributed by atoms with Gasteiger partial charge >= 0.3 is 24.2 Å². The predicted molar refractivity (Wildman–Crippen MR) is 33.7 cm³/mol. The Morgan fingerprint density at radius 3 is 1.50 bits per heavy atom. The smallest absolute Gasteiger partial charge is 0.274 e. The van der Waals surface area contributed by atoms with E-state index in [1.807, 2.05) is 4.94 Å². The summed E-state index contributed by atoms with van der Waals surface area (Å²) in [6.07, 6.45) is -20.5. The molecule has 0 fully saturated rings. The van der Waals surface area contributed by atoms with Gasteiger partial charge in [-0.3, -0.25) is 4.74 Å². The molecular weight excluding hydrogens is 294 g/mol. The van der Waals surface area contributed by atoms with E-state index >= 15 is 0 Å². The third kappa shape index (κ3) is 4.48. The van der Waals surface area contributed by atoms with Crippen molar-refractivity contribution in [3.8, 4) is 0 Å². The van der Waals surface area contributed by atoms with Crippen molar-refractivity contribution in [3.63, 3.8) is 0 Å². The molecular formula is C6H4F10O2. The minimum atomic E-state index is -6.15. The van der Waals surface area contributed by atoms with Crippen molar-refractivity contribution < 1.29 is 53.7 Å². The maximum atomic E-state index is 12.5. The van der Waals surface area contributed by atoms with Crippen molar-refractivity contribution in [1.29, 1.82) is 0 Å². The lowest BCUT2D eigenvalue weighted by atomic mass is 10.3. The molecule has 0 N–H and O–H groups in total. The van der Waals surface area contributed by atoms with Crippen LogP contribution in [0.2, 0.25) is 0 Å². The van der Waals surface area contributed by atoms with Crippen molar-refractivity contribution in [2.45, 2.75) is 30.7 Å². The van der Waals surface area contributed by atoms with Crippen molar-refractivity contribution in [3.05, 3.63) is 0 Å². The van der Waals surface area contributed by atoms with Gasteiger partial charge in [-0.05, 0) is 4.53 Å². The van der Waals surface area contributed by atoms with E-state index in [0.29, 0.717) is 0 Å². The van der Waals surface area contributed by atoms with Crippen LogP contribution in [0.3, 0.4) is 0 Å². The first kappa shape index (κ1) is 17.2. The molecule has 0 bridgehead atoms. The Labute approximate surface area is 92.3 Å². The van der Waals surface area contributed by atoms with E-state index in [1.54, 1.807) is 0 Å². The van der Waals surface area contributed by atoms with Gasteiger partial charge in [0.05, 0.1) is 0 Å². The number of alkyl halides is 9. The quantitative estimate of drug-likeness (QED) is 0.569. The number of hydrogen-bond acceptors (Lipinski definition) is 2. The Balaban J connectivity index is 5.11. The number of hydrogen-bond donors (Lipinski definition) is 0. The van der Waals surface area contributed by atoms with Crippen LogP contribution in [0.15, 0.2) is 0 Å². The molecule has 1 atom stereocenters. The van der Waals surface area contributed by atoms with Gasteiger partial charge in [0.15, 0.2) is 6.67 Å². The zero-order chi connectivity index (χ0) is 14.8. The Kier molecular flexibility index (Phi) is 4.85. The predicted octanol–water partition coefficient (Wildman–Crippen LogP) is 3.68. The van der Waals surface area contributed by atoms with Gasteiger partial charge in [-0.2, -0.15) is 35.1 Å².